The summed E-state index contributed by atoms with van der Waals surface area (Å²) in [6.45, 7) is 5.19. The first kappa shape index (κ1) is 18.8. The van der Waals surface area contributed by atoms with Gasteiger partial charge in [-0.15, -0.1) is 11.8 Å². The molecule has 0 fully saturated rings. The molecule has 124 valence electrons. The molecule has 1 rings (SSSR count). The van der Waals surface area contributed by atoms with Gasteiger partial charge in [0.05, 0.1) is 11.8 Å². The Morgan fingerprint density at radius 3 is 2.45 bits per heavy atom. The first-order chi connectivity index (χ1) is 10.3. The third kappa shape index (κ3) is 5.88. The van der Waals surface area contributed by atoms with Crippen molar-refractivity contribution in [2.45, 2.75) is 37.8 Å². The van der Waals surface area contributed by atoms with Crippen LogP contribution in [0.5, 0.6) is 0 Å². The van der Waals surface area contributed by atoms with Crippen molar-refractivity contribution >= 4 is 27.6 Å². The van der Waals surface area contributed by atoms with E-state index in [2.05, 4.69) is 10.6 Å². The summed E-state index contributed by atoms with van der Waals surface area (Å²) in [6.07, 6.45) is 1.99. The Balaban J connectivity index is 2.61. The van der Waals surface area contributed by atoms with Gasteiger partial charge < -0.3 is 10.6 Å². The number of rotatable bonds is 7. The highest BCUT2D eigenvalue weighted by Gasteiger charge is 2.17. The SMILES string of the molecule is CCS(=O)(=O)C[C@H](C)NC(=O)N[C@H](C)c1ccccc1SC. The molecule has 1 aromatic carbocycles. The van der Waals surface area contributed by atoms with Crippen LogP contribution >= 0.6 is 11.8 Å². The second-order valence-electron chi connectivity index (χ2n) is 5.18. The van der Waals surface area contributed by atoms with Crippen LogP contribution in [0.15, 0.2) is 29.2 Å². The molecule has 2 atom stereocenters. The summed E-state index contributed by atoms with van der Waals surface area (Å²) < 4.78 is 23.1. The van der Waals surface area contributed by atoms with Crippen molar-refractivity contribution in [3.8, 4) is 0 Å². The Morgan fingerprint density at radius 1 is 1.23 bits per heavy atom. The van der Waals surface area contributed by atoms with Gasteiger partial charge in [0.25, 0.3) is 0 Å². The largest absolute Gasteiger partial charge is 0.335 e. The minimum atomic E-state index is -3.10. The average molecular weight is 345 g/mol. The van der Waals surface area contributed by atoms with Crippen LogP contribution in [-0.2, 0) is 9.84 Å². The minimum Gasteiger partial charge on any atom is -0.335 e. The van der Waals surface area contributed by atoms with E-state index in [-0.39, 0.29) is 23.6 Å². The molecule has 1 aromatic rings. The predicted octanol–water partition coefficient (Wildman–Crippen LogP) is 2.59. The number of hydrogen-bond donors (Lipinski definition) is 2. The van der Waals surface area contributed by atoms with E-state index in [1.807, 2.05) is 37.4 Å². The third-order valence-corrected chi connectivity index (χ3v) is 5.97. The standard InChI is InChI=1S/C15H24N2O3S2/c1-5-22(19,20)10-11(2)16-15(18)17-12(3)13-8-6-7-9-14(13)21-4/h6-9,11-12H,5,10H2,1-4H3,(H2,16,17,18)/t11-,12+/m0/s1. The van der Waals surface area contributed by atoms with Crippen LogP contribution in [0, 0.1) is 0 Å². The van der Waals surface area contributed by atoms with Gasteiger partial charge in [-0.3, -0.25) is 0 Å². The first-order valence-corrected chi connectivity index (χ1v) is 10.2. The molecule has 2 amide bonds. The Bertz CT molecular complexity index is 603. The lowest BCUT2D eigenvalue weighted by molar-refractivity contribution is 0.235. The molecule has 0 heterocycles. The molecule has 0 radical (unpaired) electrons. The molecule has 5 nitrogen and oxygen atoms in total. The number of amides is 2. The number of sulfone groups is 1. The lowest BCUT2D eigenvalue weighted by Gasteiger charge is -2.20. The number of nitrogens with one attached hydrogen (secondary N) is 2. The Labute approximate surface area is 137 Å². The number of thioether (sulfide) groups is 1. The van der Waals surface area contributed by atoms with Crippen molar-refractivity contribution < 1.29 is 13.2 Å². The van der Waals surface area contributed by atoms with E-state index in [0.717, 1.165) is 10.5 Å². The lowest BCUT2D eigenvalue weighted by atomic mass is 10.1. The first-order valence-electron chi connectivity index (χ1n) is 7.19. The average Bonchev–Trinajstić information content (AvgIpc) is 2.46. The van der Waals surface area contributed by atoms with E-state index in [1.54, 1.807) is 25.6 Å². The number of hydrogen-bond acceptors (Lipinski definition) is 4. The van der Waals surface area contributed by atoms with Gasteiger partial charge in [0.1, 0.15) is 0 Å². The number of urea groups is 1. The zero-order valence-corrected chi connectivity index (χ0v) is 15.1. The van der Waals surface area contributed by atoms with Gasteiger partial charge in [-0.05, 0) is 31.7 Å². The maximum absolute atomic E-state index is 12.0. The second kappa shape index (κ2) is 8.43. The number of carbonyl (C=O) groups excluding carboxylic acids is 1. The fraction of sp³-hybridized carbons (Fsp3) is 0.533. The van der Waals surface area contributed by atoms with Crippen LogP contribution in [-0.4, -0.2) is 38.3 Å². The fourth-order valence-electron chi connectivity index (χ4n) is 2.10. The van der Waals surface area contributed by atoms with Crippen molar-refractivity contribution in [1.82, 2.24) is 10.6 Å². The molecule has 22 heavy (non-hydrogen) atoms. The van der Waals surface area contributed by atoms with Gasteiger partial charge in [-0.1, -0.05) is 25.1 Å². The van der Waals surface area contributed by atoms with Crippen LogP contribution < -0.4 is 10.6 Å². The molecule has 0 bridgehead atoms. The highest BCUT2D eigenvalue weighted by Crippen LogP contribution is 2.25. The summed E-state index contributed by atoms with van der Waals surface area (Å²) in [7, 11) is -3.10. The van der Waals surface area contributed by atoms with Crippen LogP contribution in [0.25, 0.3) is 0 Å². The van der Waals surface area contributed by atoms with E-state index in [0.29, 0.717) is 0 Å². The zero-order chi connectivity index (χ0) is 16.8. The van der Waals surface area contributed by atoms with Crippen LogP contribution in [0.2, 0.25) is 0 Å². The monoisotopic (exact) mass is 344 g/mol. The molecular formula is C15H24N2O3S2. The van der Waals surface area contributed by atoms with Gasteiger partial charge in [-0.25, -0.2) is 13.2 Å². The topological polar surface area (TPSA) is 75.3 Å². The highest BCUT2D eigenvalue weighted by atomic mass is 32.2. The van der Waals surface area contributed by atoms with Gasteiger partial charge >= 0.3 is 6.03 Å². The van der Waals surface area contributed by atoms with Crippen LogP contribution in [0.3, 0.4) is 0 Å². The van der Waals surface area contributed by atoms with E-state index >= 15 is 0 Å². The molecule has 7 heteroatoms. The van der Waals surface area contributed by atoms with E-state index in [1.165, 1.54) is 0 Å². The van der Waals surface area contributed by atoms with E-state index in [9.17, 15) is 13.2 Å². The number of benzene rings is 1. The second-order valence-corrected chi connectivity index (χ2v) is 8.43. The van der Waals surface area contributed by atoms with E-state index < -0.39 is 15.9 Å². The maximum Gasteiger partial charge on any atom is 0.315 e. The smallest absolute Gasteiger partial charge is 0.315 e. The van der Waals surface area contributed by atoms with Crippen molar-refractivity contribution in [3.05, 3.63) is 29.8 Å². The lowest BCUT2D eigenvalue weighted by Crippen LogP contribution is -2.44. The van der Waals surface area contributed by atoms with Gasteiger partial charge in [0.15, 0.2) is 9.84 Å². The van der Waals surface area contributed by atoms with Crippen molar-refractivity contribution in [2.75, 3.05) is 17.8 Å². The minimum absolute atomic E-state index is 0.0489. The third-order valence-electron chi connectivity index (χ3n) is 3.27. The molecule has 2 N–H and O–H groups in total. The van der Waals surface area contributed by atoms with Crippen molar-refractivity contribution in [2.24, 2.45) is 0 Å². The van der Waals surface area contributed by atoms with Crippen LogP contribution in [0.4, 0.5) is 4.79 Å². The summed E-state index contributed by atoms with van der Waals surface area (Å²) in [5.41, 5.74) is 1.04. The summed E-state index contributed by atoms with van der Waals surface area (Å²) in [5.74, 6) is 0.0326. The van der Waals surface area contributed by atoms with Gasteiger partial charge in [0, 0.05) is 16.7 Å². The summed E-state index contributed by atoms with van der Waals surface area (Å²) >= 11 is 1.62. The molecule has 0 aliphatic carbocycles. The van der Waals surface area contributed by atoms with Crippen molar-refractivity contribution in [1.29, 1.82) is 0 Å². The molecule has 0 aliphatic heterocycles. The Kier molecular flexibility index (Phi) is 7.22. The van der Waals surface area contributed by atoms with Crippen molar-refractivity contribution in [3.63, 3.8) is 0 Å². The van der Waals surface area contributed by atoms with Crippen LogP contribution in [0.1, 0.15) is 32.4 Å². The Morgan fingerprint density at radius 2 is 1.86 bits per heavy atom. The molecule has 0 saturated heterocycles. The molecule has 0 unspecified atom stereocenters. The predicted molar refractivity (Wildman–Crippen MR) is 92.1 cm³/mol. The van der Waals surface area contributed by atoms with Gasteiger partial charge in [0.2, 0.25) is 0 Å². The summed E-state index contributed by atoms with van der Waals surface area (Å²) in [5, 5.41) is 5.52. The molecule has 0 aliphatic rings. The quantitative estimate of drug-likeness (QED) is 0.746. The zero-order valence-electron chi connectivity index (χ0n) is 13.4. The summed E-state index contributed by atoms with van der Waals surface area (Å²) in [4.78, 5) is 13.1. The normalized spacial score (nSPS) is 14.2. The molecule has 0 saturated carbocycles. The highest BCUT2D eigenvalue weighted by molar-refractivity contribution is 7.98. The molecular weight excluding hydrogens is 320 g/mol. The summed E-state index contributed by atoms with van der Waals surface area (Å²) in [6, 6.07) is 6.93. The van der Waals surface area contributed by atoms with Gasteiger partial charge in [-0.2, -0.15) is 0 Å². The Hall–Kier alpha value is -1.21. The molecule has 0 spiro atoms. The van der Waals surface area contributed by atoms with E-state index in [4.69, 9.17) is 0 Å². The number of carbonyl (C=O) groups is 1. The molecule has 0 aromatic heterocycles. The maximum atomic E-state index is 12.0. The fourth-order valence-corrected chi connectivity index (χ4v) is 3.88.